The Morgan fingerprint density at radius 3 is 2.48 bits per heavy atom. The van der Waals surface area contributed by atoms with E-state index >= 15 is 0 Å². The Morgan fingerprint density at radius 2 is 1.76 bits per heavy atom. The molecule has 2 heteroatoms. The van der Waals surface area contributed by atoms with Crippen molar-refractivity contribution in [2.24, 2.45) is 5.41 Å². The second-order valence-electron chi connectivity index (χ2n) is 6.26. The molecule has 1 aromatic rings. The maximum Gasteiger partial charge on any atom is 0.161 e. The summed E-state index contributed by atoms with van der Waals surface area (Å²) in [5, 5.41) is 3.35. The molecule has 0 fully saturated rings. The molecular weight excluding hydrogens is 276 g/mol. The fourth-order valence-corrected chi connectivity index (χ4v) is 3.39. The van der Waals surface area contributed by atoms with Crippen molar-refractivity contribution in [1.82, 2.24) is 0 Å². The van der Waals surface area contributed by atoms with Crippen molar-refractivity contribution in [3.05, 3.63) is 53.4 Å². The number of carbonyl (C=O) groups excluding carboxylic acids is 1. The minimum atomic E-state index is -0.336. The number of allylic oxidation sites excluding steroid dienone is 1. The zero-order valence-corrected chi connectivity index (χ0v) is 13.3. The summed E-state index contributed by atoms with van der Waals surface area (Å²) in [6.45, 7) is 5.84. The lowest BCUT2D eigenvalue weighted by Gasteiger charge is -2.12. The van der Waals surface area contributed by atoms with E-state index in [1.807, 2.05) is 32.9 Å². The molecule has 0 spiro atoms. The predicted molar refractivity (Wildman–Crippen MR) is 91.9 cm³/mol. The average molecular weight is 294 g/mol. The third kappa shape index (κ3) is 2.52. The number of rotatable bonds is 2. The maximum atomic E-state index is 12.1. The molecule has 1 nitrogen and oxygen atoms in total. The lowest BCUT2D eigenvalue weighted by Crippen LogP contribution is -2.17. The van der Waals surface area contributed by atoms with Crippen LogP contribution in [-0.2, 0) is 4.79 Å². The van der Waals surface area contributed by atoms with E-state index in [2.05, 4.69) is 35.7 Å². The monoisotopic (exact) mass is 294 g/mol. The average Bonchev–Trinajstić information content (AvgIpc) is 2.89. The Bertz CT molecular complexity index is 802. The smallest absolute Gasteiger partial charge is 0.161 e. The number of hydrogen-bond donors (Lipinski definition) is 0. The van der Waals surface area contributed by atoms with Gasteiger partial charge in [-0.3, -0.25) is 4.79 Å². The molecule has 21 heavy (non-hydrogen) atoms. The van der Waals surface area contributed by atoms with Crippen LogP contribution >= 0.6 is 11.3 Å². The van der Waals surface area contributed by atoms with E-state index in [1.54, 1.807) is 17.4 Å². The number of thiophene rings is 1. The molecule has 3 rings (SSSR count). The van der Waals surface area contributed by atoms with Crippen LogP contribution in [-0.4, -0.2) is 5.78 Å². The van der Waals surface area contributed by atoms with Crippen molar-refractivity contribution in [2.75, 3.05) is 0 Å². The molecule has 2 aliphatic rings. The van der Waals surface area contributed by atoms with E-state index in [1.165, 1.54) is 21.2 Å². The van der Waals surface area contributed by atoms with Gasteiger partial charge in [0, 0.05) is 21.1 Å². The van der Waals surface area contributed by atoms with Gasteiger partial charge in [-0.2, -0.15) is 0 Å². The quantitative estimate of drug-likeness (QED) is 0.559. The minimum absolute atomic E-state index is 0.153. The fraction of sp³-hybridized carbons (Fsp3) is 0.211. The number of hydrogen-bond acceptors (Lipinski definition) is 2. The molecule has 1 aromatic heterocycles. The predicted octanol–water partition coefficient (Wildman–Crippen LogP) is 5.63. The molecule has 0 N–H and O–H groups in total. The van der Waals surface area contributed by atoms with E-state index < -0.39 is 0 Å². The molecule has 0 bridgehead atoms. The molecule has 0 aromatic carbocycles. The van der Waals surface area contributed by atoms with Crippen LogP contribution < -0.4 is 0 Å². The Hall–Kier alpha value is -1.93. The van der Waals surface area contributed by atoms with Crippen molar-refractivity contribution >= 4 is 33.3 Å². The summed E-state index contributed by atoms with van der Waals surface area (Å²) in [4.78, 5) is 12.1. The highest BCUT2D eigenvalue weighted by atomic mass is 32.1. The molecule has 0 aliphatic heterocycles. The second kappa shape index (κ2) is 5.12. The minimum Gasteiger partial charge on any atom is -0.294 e. The number of fused-ring (bicyclic) bond motifs is 3. The Labute approximate surface area is 129 Å². The summed E-state index contributed by atoms with van der Waals surface area (Å²) in [6.07, 6.45) is 3.70. The summed E-state index contributed by atoms with van der Waals surface area (Å²) in [5.41, 5.74) is 3.28. The molecular formula is C19H18OS. The molecule has 0 atom stereocenters. The largest absolute Gasteiger partial charge is 0.294 e. The topological polar surface area (TPSA) is 17.1 Å². The van der Waals surface area contributed by atoms with Crippen LogP contribution in [0.4, 0.5) is 0 Å². The summed E-state index contributed by atoms with van der Waals surface area (Å²) in [5.74, 6) is 0.153. The van der Waals surface area contributed by atoms with Gasteiger partial charge < -0.3 is 0 Å². The van der Waals surface area contributed by atoms with Crippen LogP contribution in [0.3, 0.4) is 0 Å². The van der Waals surface area contributed by atoms with Crippen molar-refractivity contribution in [1.29, 1.82) is 0 Å². The van der Waals surface area contributed by atoms with Gasteiger partial charge in [-0.05, 0) is 28.6 Å². The van der Waals surface area contributed by atoms with Gasteiger partial charge in [0.25, 0.3) is 0 Å². The fourth-order valence-electron chi connectivity index (χ4n) is 2.44. The van der Waals surface area contributed by atoms with Gasteiger partial charge in [-0.15, -0.1) is 11.3 Å². The highest BCUT2D eigenvalue weighted by Crippen LogP contribution is 2.42. The molecule has 2 aliphatic carbocycles. The highest BCUT2D eigenvalue weighted by Gasteiger charge is 2.20. The van der Waals surface area contributed by atoms with Gasteiger partial charge in [-0.25, -0.2) is 0 Å². The van der Waals surface area contributed by atoms with E-state index in [4.69, 9.17) is 0 Å². The zero-order valence-electron chi connectivity index (χ0n) is 12.5. The Morgan fingerprint density at radius 1 is 1.05 bits per heavy atom. The third-order valence-electron chi connectivity index (χ3n) is 3.67. The van der Waals surface area contributed by atoms with E-state index in [9.17, 15) is 4.79 Å². The van der Waals surface area contributed by atoms with E-state index in [0.717, 1.165) is 5.56 Å². The molecule has 0 saturated carbocycles. The summed E-state index contributed by atoms with van der Waals surface area (Å²) in [7, 11) is 0. The molecule has 0 amide bonds. The maximum absolute atomic E-state index is 12.1. The molecule has 1 heterocycles. The second-order valence-corrected chi connectivity index (χ2v) is 7.18. The standard InChI is InChI=1S/C19H18OS/c1-19(2,3)17(20)10-9-14-13-7-5-4-6-8-15(13)18-16(14)11-12-21-18/h4-12H,1-3H3/b10-9+. The molecule has 0 unspecified atom stereocenters. The van der Waals surface area contributed by atoms with Crippen LogP contribution in [0.2, 0.25) is 0 Å². The third-order valence-corrected chi connectivity index (χ3v) is 4.62. The lowest BCUT2D eigenvalue weighted by atomic mass is 9.90. The summed E-state index contributed by atoms with van der Waals surface area (Å²) >= 11 is 1.75. The van der Waals surface area contributed by atoms with Crippen LogP contribution in [0.5, 0.6) is 0 Å². The zero-order chi connectivity index (χ0) is 15.0. The van der Waals surface area contributed by atoms with Crippen molar-refractivity contribution in [3.63, 3.8) is 0 Å². The lowest BCUT2D eigenvalue weighted by molar-refractivity contribution is -0.121. The van der Waals surface area contributed by atoms with Crippen molar-refractivity contribution in [3.8, 4) is 11.1 Å². The first-order valence-electron chi connectivity index (χ1n) is 7.09. The van der Waals surface area contributed by atoms with Crippen LogP contribution in [0.25, 0.3) is 27.3 Å². The van der Waals surface area contributed by atoms with Crippen molar-refractivity contribution in [2.45, 2.75) is 20.8 Å². The Balaban J connectivity index is 2.16. The van der Waals surface area contributed by atoms with Gasteiger partial charge in [0.1, 0.15) is 0 Å². The van der Waals surface area contributed by atoms with Gasteiger partial charge in [0.15, 0.2) is 5.78 Å². The van der Waals surface area contributed by atoms with Crippen LogP contribution in [0.15, 0.2) is 47.9 Å². The van der Waals surface area contributed by atoms with E-state index in [0.29, 0.717) is 0 Å². The normalized spacial score (nSPS) is 12.5. The van der Waals surface area contributed by atoms with Gasteiger partial charge in [-0.1, -0.05) is 57.2 Å². The first-order valence-corrected chi connectivity index (χ1v) is 7.97. The summed E-state index contributed by atoms with van der Waals surface area (Å²) < 4.78 is 1.30. The van der Waals surface area contributed by atoms with Gasteiger partial charge in [0.2, 0.25) is 0 Å². The summed E-state index contributed by atoms with van der Waals surface area (Å²) in [6, 6.07) is 12.6. The first kappa shape index (κ1) is 14.0. The van der Waals surface area contributed by atoms with E-state index in [-0.39, 0.29) is 11.2 Å². The number of carbonyl (C=O) groups is 1. The van der Waals surface area contributed by atoms with Crippen LogP contribution in [0, 0.1) is 5.41 Å². The van der Waals surface area contributed by atoms with Gasteiger partial charge in [0.05, 0.1) is 0 Å². The molecule has 0 saturated heterocycles. The highest BCUT2D eigenvalue weighted by molar-refractivity contribution is 7.18. The molecule has 0 radical (unpaired) electrons. The van der Waals surface area contributed by atoms with Crippen molar-refractivity contribution < 1.29 is 4.79 Å². The van der Waals surface area contributed by atoms with Crippen LogP contribution in [0.1, 0.15) is 26.3 Å². The number of ketones is 1. The Kier molecular flexibility index (Phi) is 3.42. The SMILES string of the molecule is CC(C)(C)C(=O)/C=C/c1c2cccccc-2c2sccc12. The molecule has 106 valence electrons. The van der Waals surface area contributed by atoms with Gasteiger partial charge >= 0.3 is 0 Å². The first-order chi connectivity index (χ1) is 9.98.